The maximum atomic E-state index is 13.5. The van der Waals surface area contributed by atoms with Crippen molar-refractivity contribution in [2.24, 2.45) is 0 Å². The third-order valence-corrected chi connectivity index (χ3v) is 5.54. The van der Waals surface area contributed by atoms with Crippen molar-refractivity contribution in [2.75, 3.05) is 6.61 Å². The molecule has 0 N–H and O–H groups in total. The van der Waals surface area contributed by atoms with Gasteiger partial charge in [-0.1, -0.05) is 24.3 Å². The van der Waals surface area contributed by atoms with E-state index in [1.165, 1.54) is 17.4 Å². The Bertz CT molecular complexity index is 1280. The van der Waals surface area contributed by atoms with Crippen molar-refractivity contribution in [3.8, 4) is 28.1 Å². The zero-order valence-electron chi connectivity index (χ0n) is 16.9. The molecule has 0 spiro atoms. The van der Waals surface area contributed by atoms with Crippen LogP contribution in [0.15, 0.2) is 89.3 Å². The lowest BCUT2D eigenvalue weighted by atomic mass is 10.0. The molecular formula is C25H20N2O3S. The third kappa shape index (κ3) is 4.54. The van der Waals surface area contributed by atoms with Gasteiger partial charge in [0.1, 0.15) is 0 Å². The highest BCUT2D eigenvalue weighted by molar-refractivity contribution is 7.11. The van der Waals surface area contributed by atoms with E-state index in [1.54, 1.807) is 23.8 Å². The number of nitrogens with zero attached hydrogens (tertiary/aromatic N) is 2. The van der Waals surface area contributed by atoms with Crippen molar-refractivity contribution in [1.29, 1.82) is 0 Å². The van der Waals surface area contributed by atoms with Crippen molar-refractivity contribution in [3.63, 3.8) is 0 Å². The smallest absolute Gasteiger partial charge is 0.330 e. The minimum absolute atomic E-state index is 0.143. The zero-order chi connectivity index (χ0) is 21.6. The highest BCUT2D eigenvalue weighted by atomic mass is 32.1. The standard InChI is InChI=1S/C25H20N2O3S/c1-2-30-24(28)12-11-23-20(13-15-31-23)21-16-18(22-10-6-7-14-26-22)17-27(25(21)29)19-8-4-3-5-9-19/h3-17H,2H2,1H3. The molecule has 0 radical (unpaired) electrons. The fourth-order valence-corrected chi connectivity index (χ4v) is 4.04. The highest BCUT2D eigenvalue weighted by Crippen LogP contribution is 2.30. The number of para-hydroxylation sites is 1. The van der Waals surface area contributed by atoms with Crippen LogP contribution in [0.1, 0.15) is 11.8 Å². The van der Waals surface area contributed by atoms with E-state index in [0.29, 0.717) is 12.2 Å². The quantitative estimate of drug-likeness (QED) is 0.313. The molecule has 0 saturated heterocycles. The van der Waals surface area contributed by atoms with Gasteiger partial charge in [-0.05, 0) is 54.8 Å². The molecule has 3 heterocycles. The van der Waals surface area contributed by atoms with Crippen LogP contribution in [0.3, 0.4) is 0 Å². The summed E-state index contributed by atoms with van der Waals surface area (Å²) in [5.41, 5.74) is 3.52. The van der Waals surface area contributed by atoms with Crippen LogP contribution in [0.25, 0.3) is 34.1 Å². The second kappa shape index (κ2) is 9.36. The second-order valence-electron chi connectivity index (χ2n) is 6.65. The molecule has 4 rings (SSSR count). The van der Waals surface area contributed by atoms with Gasteiger partial charge in [-0.25, -0.2) is 4.79 Å². The summed E-state index contributed by atoms with van der Waals surface area (Å²) in [6.07, 6.45) is 6.62. The summed E-state index contributed by atoms with van der Waals surface area (Å²) in [5, 5.41) is 1.90. The van der Waals surface area contributed by atoms with E-state index in [1.807, 2.05) is 72.2 Å². The fourth-order valence-electron chi connectivity index (χ4n) is 3.24. The molecule has 0 amide bonds. The molecule has 5 nitrogen and oxygen atoms in total. The number of pyridine rings is 2. The SMILES string of the molecule is CCOC(=O)C=Cc1sccc1-c1cc(-c2ccccn2)cn(-c2ccccc2)c1=O. The molecule has 1 aromatic carbocycles. The molecule has 0 aliphatic rings. The van der Waals surface area contributed by atoms with Crippen molar-refractivity contribution in [3.05, 3.63) is 99.7 Å². The van der Waals surface area contributed by atoms with Crippen molar-refractivity contribution in [1.82, 2.24) is 9.55 Å². The number of hydrogen-bond acceptors (Lipinski definition) is 5. The van der Waals surface area contributed by atoms with Gasteiger partial charge in [-0.15, -0.1) is 11.3 Å². The summed E-state index contributed by atoms with van der Waals surface area (Å²) in [6.45, 7) is 2.08. The molecule has 31 heavy (non-hydrogen) atoms. The van der Waals surface area contributed by atoms with Crippen LogP contribution >= 0.6 is 11.3 Å². The van der Waals surface area contributed by atoms with E-state index in [9.17, 15) is 9.59 Å². The molecule has 0 aliphatic carbocycles. The second-order valence-corrected chi connectivity index (χ2v) is 7.60. The van der Waals surface area contributed by atoms with Gasteiger partial charge < -0.3 is 4.74 Å². The Morgan fingerprint density at radius 3 is 2.65 bits per heavy atom. The third-order valence-electron chi connectivity index (χ3n) is 4.65. The van der Waals surface area contributed by atoms with Gasteiger partial charge in [0.2, 0.25) is 0 Å². The van der Waals surface area contributed by atoms with Gasteiger partial charge >= 0.3 is 5.97 Å². The molecule has 0 saturated carbocycles. The molecule has 6 heteroatoms. The first-order valence-electron chi connectivity index (χ1n) is 9.83. The number of benzene rings is 1. The van der Waals surface area contributed by atoms with Gasteiger partial charge in [0, 0.05) is 45.7 Å². The van der Waals surface area contributed by atoms with Gasteiger partial charge in [-0.3, -0.25) is 14.3 Å². The van der Waals surface area contributed by atoms with Crippen LogP contribution in [0.4, 0.5) is 0 Å². The Kier molecular flexibility index (Phi) is 6.19. The number of rotatable bonds is 6. The number of esters is 1. The number of carbonyl (C=O) groups is 1. The minimum Gasteiger partial charge on any atom is -0.463 e. The normalized spacial score (nSPS) is 11.0. The molecule has 0 unspecified atom stereocenters. The summed E-state index contributed by atoms with van der Waals surface area (Å²) in [7, 11) is 0. The van der Waals surface area contributed by atoms with Crippen LogP contribution in [0.2, 0.25) is 0 Å². The van der Waals surface area contributed by atoms with E-state index >= 15 is 0 Å². The number of ether oxygens (including phenoxy) is 1. The van der Waals surface area contributed by atoms with Crippen LogP contribution in [-0.4, -0.2) is 22.1 Å². The Hall–Kier alpha value is -3.77. The summed E-state index contributed by atoms with van der Waals surface area (Å²) in [4.78, 5) is 30.5. The summed E-state index contributed by atoms with van der Waals surface area (Å²) >= 11 is 1.46. The van der Waals surface area contributed by atoms with Gasteiger partial charge in [0.25, 0.3) is 5.56 Å². The van der Waals surface area contributed by atoms with Gasteiger partial charge in [0.05, 0.1) is 12.3 Å². The van der Waals surface area contributed by atoms with E-state index in [2.05, 4.69) is 4.98 Å². The first kappa shape index (κ1) is 20.5. The van der Waals surface area contributed by atoms with Gasteiger partial charge in [0.15, 0.2) is 0 Å². The van der Waals surface area contributed by atoms with Crippen LogP contribution in [0.5, 0.6) is 0 Å². The predicted molar refractivity (Wildman–Crippen MR) is 124 cm³/mol. The van der Waals surface area contributed by atoms with Crippen molar-refractivity contribution >= 4 is 23.4 Å². The van der Waals surface area contributed by atoms with Crippen LogP contribution < -0.4 is 5.56 Å². The molecule has 0 fully saturated rings. The maximum Gasteiger partial charge on any atom is 0.330 e. The topological polar surface area (TPSA) is 61.2 Å². The Balaban J connectivity index is 1.88. The first-order chi connectivity index (χ1) is 15.2. The lowest BCUT2D eigenvalue weighted by Gasteiger charge is -2.12. The maximum absolute atomic E-state index is 13.5. The van der Waals surface area contributed by atoms with Gasteiger partial charge in [-0.2, -0.15) is 0 Å². The molecule has 0 atom stereocenters. The van der Waals surface area contributed by atoms with Crippen LogP contribution in [0, 0.1) is 0 Å². The Morgan fingerprint density at radius 2 is 1.90 bits per heavy atom. The van der Waals surface area contributed by atoms with E-state index in [4.69, 9.17) is 4.74 Å². The van der Waals surface area contributed by atoms with E-state index < -0.39 is 5.97 Å². The van der Waals surface area contributed by atoms with Crippen molar-refractivity contribution < 1.29 is 9.53 Å². The molecule has 3 aromatic heterocycles. The molecular weight excluding hydrogens is 408 g/mol. The lowest BCUT2D eigenvalue weighted by molar-refractivity contribution is -0.137. The Morgan fingerprint density at radius 1 is 1.10 bits per heavy atom. The lowest BCUT2D eigenvalue weighted by Crippen LogP contribution is -2.20. The first-order valence-corrected chi connectivity index (χ1v) is 10.7. The summed E-state index contributed by atoms with van der Waals surface area (Å²) in [6, 6.07) is 18.9. The number of aromatic nitrogens is 2. The van der Waals surface area contributed by atoms with Crippen LogP contribution in [-0.2, 0) is 9.53 Å². The molecule has 154 valence electrons. The minimum atomic E-state index is -0.411. The molecule has 0 aliphatic heterocycles. The molecule has 0 bridgehead atoms. The van der Waals surface area contributed by atoms with E-state index in [0.717, 1.165) is 27.4 Å². The summed E-state index contributed by atoms with van der Waals surface area (Å²) in [5.74, 6) is -0.411. The number of thiophene rings is 1. The average Bonchev–Trinajstić information content (AvgIpc) is 3.28. The number of carbonyl (C=O) groups excluding carboxylic acids is 1. The average molecular weight is 429 g/mol. The Labute approximate surface area is 183 Å². The zero-order valence-corrected chi connectivity index (χ0v) is 17.7. The largest absolute Gasteiger partial charge is 0.463 e. The summed E-state index contributed by atoms with van der Waals surface area (Å²) < 4.78 is 6.60. The van der Waals surface area contributed by atoms with Crippen molar-refractivity contribution in [2.45, 2.75) is 6.92 Å². The predicted octanol–water partition coefficient (Wildman–Crippen LogP) is 5.20. The van der Waals surface area contributed by atoms with E-state index in [-0.39, 0.29) is 5.56 Å². The fraction of sp³-hybridized carbons (Fsp3) is 0.0800. The number of hydrogen-bond donors (Lipinski definition) is 0. The molecule has 4 aromatic rings. The monoisotopic (exact) mass is 428 g/mol. The highest BCUT2D eigenvalue weighted by Gasteiger charge is 2.15.